The Morgan fingerprint density at radius 2 is 2.10 bits per heavy atom. The molecule has 106 valence electrons. The minimum Gasteiger partial charge on any atom is -0.435 e. The van der Waals surface area contributed by atoms with Crippen LogP contribution in [0.2, 0.25) is 5.02 Å². The maximum Gasteiger partial charge on any atom is 0.227 e. The molecule has 0 saturated carbocycles. The first kappa shape index (κ1) is 14.5. The largest absolute Gasteiger partial charge is 0.435 e. The summed E-state index contributed by atoms with van der Waals surface area (Å²) in [5, 5.41) is 2.98. The van der Waals surface area contributed by atoms with E-state index in [1.165, 1.54) is 12.1 Å². The molecule has 0 amide bonds. The minimum atomic E-state index is -0.601. The van der Waals surface area contributed by atoms with E-state index in [4.69, 9.17) is 16.3 Å². The van der Waals surface area contributed by atoms with Crippen molar-refractivity contribution in [3.63, 3.8) is 0 Å². The van der Waals surface area contributed by atoms with Crippen molar-refractivity contribution >= 4 is 17.4 Å². The molecule has 1 heterocycles. The number of benzene rings is 1. The summed E-state index contributed by atoms with van der Waals surface area (Å²) in [4.78, 5) is 8.61. The Balaban J connectivity index is 2.45. The van der Waals surface area contributed by atoms with Crippen LogP contribution in [-0.4, -0.2) is 17.0 Å². The quantitative estimate of drug-likeness (QED) is 0.927. The molecule has 0 bridgehead atoms. The van der Waals surface area contributed by atoms with Crippen LogP contribution in [-0.2, 0) is 6.42 Å². The third-order valence-electron chi connectivity index (χ3n) is 2.82. The molecule has 4 nitrogen and oxygen atoms in total. The number of hydrogen-bond acceptors (Lipinski definition) is 4. The van der Waals surface area contributed by atoms with Crippen molar-refractivity contribution in [1.82, 2.24) is 9.97 Å². The second-order valence-electron chi connectivity index (χ2n) is 4.18. The van der Waals surface area contributed by atoms with E-state index >= 15 is 0 Å². The van der Waals surface area contributed by atoms with Gasteiger partial charge < -0.3 is 10.1 Å². The fraction of sp³-hybridized carbons (Fsp3) is 0.286. The molecule has 2 rings (SSSR count). The van der Waals surface area contributed by atoms with Gasteiger partial charge in [0.25, 0.3) is 0 Å². The highest BCUT2D eigenvalue weighted by Crippen LogP contribution is 2.31. The van der Waals surface area contributed by atoms with Gasteiger partial charge in [0.1, 0.15) is 11.6 Å². The van der Waals surface area contributed by atoms with E-state index < -0.39 is 5.82 Å². The average Bonchev–Trinajstić information content (AvgIpc) is 2.45. The Hall–Kier alpha value is -1.88. The second-order valence-corrected chi connectivity index (χ2v) is 4.58. The number of nitrogens with one attached hydrogen (secondary N) is 1. The van der Waals surface area contributed by atoms with Gasteiger partial charge in [0.05, 0.1) is 10.6 Å². The van der Waals surface area contributed by atoms with E-state index in [0.29, 0.717) is 29.5 Å². The molecule has 0 aliphatic rings. The van der Waals surface area contributed by atoms with Crippen LogP contribution in [0.4, 0.5) is 10.2 Å². The van der Waals surface area contributed by atoms with Crippen LogP contribution in [0.5, 0.6) is 11.6 Å². The van der Waals surface area contributed by atoms with Gasteiger partial charge in [-0.05, 0) is 19.1 Å². The van der Waals surface area contributed by atoms with E-state index in [2.05, 4.69) is 15.3 Å². The highest BCUT2D eigenvalue weighted by molar-refractivity contribution is 6.30. The monoisotopic (exact) mass is 295 g/mol. The van der Waals surface area contributed by atoms with Gasteiger partial charge in [-0.2, -0.15) is 4.98 Å². The molecule has 0 radical (unpaired) electrons. The minimum absolute atomic E-state index is 0.0127. The van der Waals surface area contributed by atoms with Crippen molar-refractivity contribution in [3.05, 3.63) is 40.4 Å². The lowest BCUT2D eigenvalue weighted by Crippen LogP contribution is -2.05. The van der Waals surface area contributed by atoms with Gasteiger partial charge in [-0.25, -0.2) is 9.37 Å². The topological polar surface area (TPSA) is 47.0 Å². The first-order valence-corrected chi connectivity index (χ1v) is 6.61. The number of rotatable bonds is 4. The average molecular weight is 296 g/mol. The van der Waals surface area contributed by atoms with E-state index in [9.17, 15) is 4.39 Å². The summed E-state index contributed by atoms with van der Waals surface area (Å²) in [6.07, 6.45) is 0.656. The SMILES string of the molecule is CCc1nc(NC)c(C)c(Oc2cccc(Cl)c2F)n1. The van der Waals surface area contributed by atoms with Crippen molar-refractivity contribution in [2.24, 2.45) is 0 Å². The molecule has 0 unspecified atom stereocenters. The molecule has 0 aliphatic heterocycles. The first-order valence-electron chi connectivity index (χ1n) is 6.24. The van der Waals surface area contributed by atoms with Crippen LogP contribution in [0, 0.1) is 12.7 Å². The van der Waals surface area contributed by atoms with E-state index in [1.807, 2.05) is 13.8 Å². The van der Waals surface area contributed by atoms with Gasteiger partial charge in [0.2, 0.25) is 5.88 Å². The van der Waals surface area contributed by atoms with Crippen LogP contribution in [0.3, 0.4) is 0 Å². The molecule has 1 N–H and O–H groups in total. The van der Waals surface area contributed by atoms with Gasteiger partial charge in [-0.1, -0.05) is 24.6 Å². The molecule has 1 aromatic carbocycles. The zero-order valence-electron chi connectivity index (χ0n) is 11.5. The van der Waals surface area contributed by atoms with Gasteiger partial charge in [0, 0.05) is 13.5 Å². The van der Waals surface area contributed by atoms with Gasteiger partial charge >= 0.3 is 0 Å². The number of anilines is 1. The molecule has 0 atom stereocenters. The van der Waals surface area contributed by atoms with Crippen molar-refractivity contribution < 1.29 is 9.13 Å². The summed E-state index contributed by atoms with van der Waals surface area (Å²) in [5.41, 5.74) is 0.712. The first-order chi connectivity index (χ1) is 9.56. The molecular formula is C14H15ClFN3O. The van der Waals surface area contributed by atoms with Crippen LogP contribution < -0.4 is 10.1 Å². The van der Waals surface area contributed by atoms with Crippen LogP contribution in [0.15, 0.2) is 18.2 Å². The molecule has 6 heteroatoms. The Kier molecular flexibility index (Phi) is 4.39. The van der Waals surface area contributed by atoms with Crippen molar-refractivity contribution in [2.45, 2.75) is 20.3 Å². The van der Waals surface area contributed by atoms with Crippen LogP contribution in [0.25, 0.3) is 0 Å². The Morgan fingerprint density at radius 1 is 1.35 bits per heavy atom. The molecular weight excluding hydrogens is 281 g/mol. The number of aromatic nitrogens is 2. The number of nitrogens with zero attached hydrogens (tertiary/aromatic N) is 2. The van der Waals surface area contributed by atoms with Crippen molar-refractivity contribution in [1.29, 1.82) is 0 Å². The van der Waals surface area contributed by atoms with Crippen LogP contribution >= 0.6 is 11.6 Å². The highest BCUT2D eigenvalue weighted by Gasteiger charge is 2.14. The van der Waals surface area contributed by atoms with Gasteiger partial charge in [0.15, 0.2) is 11.6 Å². The van der Waals surface area contributed by atoms with Crippen molar-refractivity contribution in [2.75, 3.05) is 12.4 Å². The van der Waals surface area contributed by atoms with Gasteiger partial charge in [-0.15, -0.1) is 0 Å². The lowest BCUT2D eigenvalue weighted by atomic mass is 10.3. The smallest absolute Gasteiger partial charge is 0.227 e. The predicted molar refractivity (Wildman–Crippen MR) is 77.2 cm³/mol. The van der Waals surface area contributed by atoms with E-state index in [-0.39, 0.29) is 10.8 Å². The molecule has 0 spiro atoms. The molecule has 1 aromatic heterocycles. The normalized spacial score (nSPS) is 10.4. The Morgan fingerprint density at radius 3 is 2.75 bits per heavy atom. The molecule has 20 heavy (non-hydrogen) atoms. The van der Waals surface area contributed by atoms with Gasteiger partial charge in [-0.3, -0.25) is 0 Å². The lowest BCUT2D eigenvalue weighted by molar-refractivity contribution is 0.422. The zero-order chi connectivity index (χ0) is 14.7. The van der Waals surface area contributed by atoms with E-state index in [1.54, 1.807) is 13.1 Å². The molecule has 0 aliphatic carbocycles. The second kappa shape index (κ2) is 6.05. The number of ether oxygens (including phenoxy) is 1. The number of hydrogen-bond donors (Lipinski definition) is 1. The maximum absolute atomic E-state index is 13.9. The summed E-state index contributed by atoms with van der Waals surface area (Å²) in [6, 6.07) is 4.59. The lowest BCUT2D eigenvalue weighted by Gasteiger charge is -2.13. The molecule has 0 fully saturated rings. The highest BCUT2D eigenvalue weighted by atomic mass is 35.5. The number of aryl methyl sites for hydroxylation is 1. The Bertz CT molecular complexity index is 634. The zero-order valence-corrected chi connectivity index (χ0v) is 12.3. The van der Waals surface area contributed by atoms with E-state index in [0.717, 1.165) is 0 Å². The van der Waals surface area contributed by atoms with Crippen molar-refractivity contribution in [3.8, 4) is 11.6 Å². The summed E-state index contributed by atoms with van der Waals surface area (Å²) in [5.74, 6) is 1.05. The molecule has 2 aromatic rings. The standard InChI is InChI=1S/C14H15ClFN3O/c1-4-11-18-13(17-3)8(2)14(19-11)20-10-7-5-6-9(15)12(10)16/h5-7H,4H2,1-3H3,(H,17,18,19). The Labute approximate surface area is 122 Å². The fourth-order valence-corrected chi connectivity index (χ4v) is 1.87. The van der Waals surface area contributed by atoms with Crippen LogP contribution in [0.1, 0.15) is 18.3 Å². The summed E-state index contributed by atoms with van der Waals surface area (Å²) in [7, 11) is 1.76. The summed E-state index contributed by atoms with van der Waals surface area (Å²) < 4.78 is 19.4. The summed E-state index contributed by atoms with van der Waals surface area (Å²) in [6.45, 7) is 3.75. The summed E-state index contributed by atoms with van der Waals surface area (Å²) >= 11 is 5.74. The molecule has 0 saturated heterocycles. The predicted octanol–water partition coefficient (Wildman–Crippen LogP) is 3.97. The number of halogens is 2. The third-order valence-corrected chi connectivity index (χ3v) is 3.12. The maximum atomic E-state index is 13.9. The third kappa shape index (κ3) is 2.82. The fourth-order valence-electron chi connectivity index (χ4n) is 1.71.